The Morgan fingerprint density at radius 2 is 2.11 bits per heavy atom. The summed E-state index contributed by atoms with van der Waals surface area (Å²) in [6, 6.07) is 0. The van der Waals surface area contributed by atoms with E-state index in [9.17, 15) is 4.79 Å². The number of imidazole rings is 1. The van der Waals surface area contributed by atoms with Crippen LogP contribution in [0.25, 0.3) is 0 Å². The van der Waals surface area contributed by atoms with E-state index < -0.39 is 5.41 Å². The van der Waals surface area contributed by atoms with Crippen LogP contribution in [0.15, 0.2) is 12.4 Å². The molecule has 1 heterocycles. The lowest BCUT2D eigenvalue weighted by Crippen LogP contribution is -2.46. The molecule has 1 aromatic rings. The molecule has 0 bridgehead atoms. The van der Waals surface area contributed by atoms with Gasteiger partial charge >= 0.3 is 0 Å². The van der Waals surface area contributed by atoms with Crippen LogP contribution in [0.4, 0.5) is 0 Å². The number of aromatic nitrogens is 2. The van der Waals surface area contributed by atoms with E-state index in [0.29, 0.717) is 13.1 Å². The van der Waals surface area contributed by atoms with Crippen LogP contribution in [0.5, 0.6) is 0 Å². The number of carbonyl (C=O) groups excluding carboxylic acids is 1. The molecule has 0 aliphatic carbocycles. The van der Waals surface area contributed by atoms with E-state index in [0.717, 1.165) is 37.9 Å². The topological polar surface area (TPSA) is 83.8 Å². The highest BCUT2D eigenvalue weighted by Gasteiger charge is 2.34. The van der Waals surface area contributed by atoms with Crippen molar-refractivity contribution in [3.8, 4) is 0 Å². The molecule has 4 N–H and O–H groups in total. The molecule has 0 fully saturated rings. The molecular formula is C14H26N4O. The third-order valence-electron chi connectivity index (χ3n) is 3.53. The van der Waals surface area contributed by atoms with E-state index in [2.05, 4.69) is 29.1 Å². The normalized spacial score (nSPS) is 11.5. The summed E-state index contributed by atoms with van der Waals surface area (Å²) in [5.41, 5.74) is 5.47. The number of aromatic amines is 1. The van der Waals surface area contributed by atoms with E-state index in [-0.39, 0.29) is 5.91 Å². The molecule has 5 nitrogen and oxygen atoms in total. The van der Waals surface area contributed by atoms with Crippen molar-refractivity contribution in [3.63, 3.8) is 0 Å². The third kappa shape index (κ3) is 4.35. The SMILES string of the molecule is CCCC(CN)(CCC)C(=O)NCCc1ncc[nH]1. The maximum Gasteiger partial charge on any atom is 0.227 e. The van der Waals surface area contributed by atoms with E-state index in [1.807, 2.05) is 0 Å². The van der Waals surface area contributed by atoms with Crippen LogP contribution in [0.2, 0.25) is 0 Å². The molecule has 19 heavy (non-hydrogen) atoms. The van der Waals surface area contributed by atoms with Crippen molar-refractivity contribution in [1.29, 1.82) is 0 Å². The number of amides is 1. The zero-order chi connectivity index (χ0) is 14.1. The highest BCUT2D eigenvalue weighted by atomic mass is 16.2. The van der Waals surface area contributed by atoms with Crippen LogP contribution < -0.4 is 11.1 Å². The lowest BCUT2D eigenvalue weighted by molar-refractivity contribution is -0.131. The number of H-pyrrole nitrogens is 1. The first kappa shape index (κ1) is 15.7. The van der Waals surface area contributed by atoms with Gasteiger partial charge in [0.25, 0.3) is 0 Å². The zero-order valence-electron chi connectivity index (χ0n) is 12.0. The molecule has 0 aromatic carbocycles. The Morgan fingerprint density at radius 3 is 2.58 bits per heavy atom. The molecule has 0 atom stereocenters. The van der Waals surface area contributed by atoms with Crippen LogP contribution in [0.3, 0.4) is 0 Å². The second kappa shape index (κ2) is 7.94. The molecule has 0 spiro atoms. The van der Waals surface area contributed by atoms with Gasteiger partial charge in [0.15, 0.2) is 0 Å². The van der Waals surface area contributed by atoms with Gasteiger partial charge in [0.2, 0.25) is 5.91 Å². The monoisotopic (exact) mass is 266 g/mol. The number of rotatable bonds is 9. The molecule has 1 aromatic heterocycles. The Bertz CT molecular complexity index is 356. The Kier molecular flexibility index (Phi) is 6.56. The van der Waals surface area contributed by atoms with Gasteiger partial charge in [0.1, 0.15) is 5.82 Å². The van der Waals surface area contributed by atoms with Gasteiger partial charge in [-0.2, -0.15) is 0 Å². The number of hydrogen-bond acceptors (Lipinski definition) is 3. The summed E-state index contributed by atoms with van der Waals surface area (Å²) in [6.45, 7) is 5.20. The van der Waals surface area contributed by atoms with Crippen LogP contribution in [0, 0.1) is 5.41 Å². The minimum Gasteiger partial charge on any atom is -0.355 e. The van der Waals surface area contributed by atoms with E-state index >= 15 is 0 Å². The summed E-state index contributed by atoms with van der Waals surface area (Å²) in [5, 5.41) is 3.00. The first-order valence-corrected chi connectivity index (χ1v) is 7.15. The molecule has 0 aliphatic rings. The molecule has 0 saturated carbocycles. The first-order chi connectivity index (χ1) is 9.18. The van der Waals surface area contributed by atoms with Gasteiger partial charge in [-0.05, 0) is 12.8 Å². The van der Waals surface area contributed by atoms with Gasteiger partial charge in [0, 0.05) is 31.9 Å². The van der Waals surface area contributed by atoms with E-state index in [1.54, 1.807) is 12.4 Å². The largest absolute Gasteiger partial charge is 0.355 e. The molecule has 0 unspecified atom stereocenters. The standard InChI is InChI=1S/C14H26N4O/c1-3-6-14(11-15,7-4-2)13(19)18-8-5-12-16-9-10-17-12/h9-10H,3-8,11,15H2,1-2H3,(H,16,17)(H,18,19). The van der Waals surface area contributed by atoms with Crippen molar-refractivity contribution < 1.29 is 4.79 Å². The molecule has 0 saturated heterocycles. The molecule has 1 amide bonds. The Balaban J connectivity index is 2.51. The second-order valence-corrected chi connectivity index (χ2v) is 5.03. The summed E-state index contributed by atoms with van der Waals surface area (Å²) in [7, 11) is 0. The highest BCUT2D eigenvalue weighted by Crippen LogP contribution is 2.28. The fraction of sp³-hybridized carbons (Fsp3) is 0.714. The van der Waals surface area contributed by atoms with Crippen LogP contribution in [-0.2, 0) is 11.2 Å². The molecule has 0 radical (unpaired) electrons. The fourth-order valence-electron chi connectivity index (χ4n) is 2.52. The van der Waals surface area contributed by atoms with Gasteiger partial charge in [-0.1, -0.05) is 26.7 Å². The molecule has 1 rings (SSSR count). The summed E-state index contributed by atoms with van der Waals surface area (Å²) in [5.74, 6) is 0.981. The van der Waals surface area contributed by atoms with Gasteiger partial charge < -0.3 is 16.0 Å². The predicted molar refractivity (Wildman–Crippen MR) is 76.6 cm³/mol. The maximum absolute atomic E-state index is 12.4. The van der Waals surface area contributed by atoms with Gasteiger partial charge in [-0.25, -0.2) is 4.98 Å². The summed E-state index contributed by atoms with van der Waals surface area (Å²) >= 11 is 0. The first-order valence-electron chi connectivity index (χ1n) is 7.15. The van der Waals surface area contributed by atoms with Crippen molar-refractivity contribution in [1.82, 2.24) is 15.3 Å². The highest BCUT2D eigenvalue weighted by molar-refractivity contribution is 5.82. The number of nitrogens with zero attached hydrogens (tertiary/aromatic N) is 1. The molecule has 5 heteroatoms. The number of nitrogens with one attached hydrogen (secondary N) is 2. The molecule has 108 valence electrons. The van der Waals surface area contributed by atoms with Crippen LogP contribution in [-0.4, -0.2) is 29.0 Å². The Morgan fingerprint density at radius 1 is 1.42 bits per heavy atom. The third-order valence-corrected chi connectivity index (χ3v) is 3.53. The number of hydrogen-bond donors (Lipinski definition) is 3. The summed E-state index contributed by atoms with van der Waals surface area (Å²) < 4.78 is 0. The summed E-state index contributed by atoms with van der Waals surface area (Å²) in [6.07, 6.45) is 7.88. The van der Waals surface area contributed by atoms with Crippen molar-refractivity contribution in [2.45, 2.75) is 46.0 Å². The Hall–Kier alpha value is -1.36. The minimum atomic E-state index is -0.396. The van der Waals surface area contributed by atoms with E-state index in [1.165, 1.54) is 0 Å². The predicted octanol–water partition coefficient (Wildman–Crippen LogP) is 1.61. The van der Waals surface area contributed by atoms with E-state index in [4.69, 9.17) is 5.73 Å². The minimum absolute atomic E-state index is 0.0882. The number of carbonyl (C=O) groups is 1. The smallest absolute Gasteiger partial charge is 0.227 e. The van der Waals surface area contributed by atoms with Crippen molar-refractivity contribution >= 4 is 5.91 Å². The van der Waals surface area contributed by atoms with Crippen molar-refractivity contribution in [2.24, 2.45) is 11.1 Å². The second-order valence-electron chi connectivity index (χ2n) is 5.03. The van der Waals surface area contributed by atoms with Gasteiger partial charge in [-0.15, -0.1) is 0 Å². The zero-order valence-corrected chi connectivity index (χ0v) is 12.0. The molecule has 0 aliphatic heterocycles. The van der Waals surface area contributed by atoms with Gasteiger partial charge in [-0.3, -0.25) is 4.79 Å². The van der Waals surface area contributed by atoms with Crippen molar-refractivity contribution in [2.75, 3.05) is 13.1 Å². The number of nitrogens with two attached hydrogens (primary N) is 1. The Labute approximate surface area is 115 Å². The lowest BCUT2D eigenvalue weighted by Gasteiger charge is -2.30. The van der Waals surface area contributed by atoms with Crippen LogP contribution in [0.1, 0.15) is 45.4 Å². The quantitative estimate of drug-likeness (QED) is 0.635. The average Bonchev–Trinajstić information content (AvgIpc) is 2.91. The van der Waals surface area contributed by atoms with Crippen LogP contribution >= 0.6 is 0 Å². The molecular weight excluding hydrogens is 240 g/mol. The maximum atomic E-state index is 12.4. The average molecular weight is 266 g/mol. The van der Waals surface area contributed by atoms with Crippen molar-refractivity contribution in [3.05, 3.63) is 18.2 Å². The lowest BCUT2D eigenvalue weighted by atomic mass is 9.78. The summed E-state index contributed by atoms with van der Waals surface area (Å²) in [4.78, 5) is 19.5. The fourth-order valence-corrected chi connectivity index (χ4v) is 2.52. The van der Waals surface area contributed by atoms with Gasteiger partial charge in [0.05, 0.1) is 5.41 Å².